The minimum Gasteiger partial charge on any atom is -0.477 e. The van der Waals surface area contributed by atoms with Crippen molar-refractivity contribution >= 4 is 17.7 Å². The number of anilines is 1. The Bertz CT molecular complexity index is 591. The lowest BCUT2D eigenvalue weighted by Crippen LogP contribution is -2.49. The summed E-state index contributed by atoms with van der Waals surface area (Å²) in [6, 6.07) is 5.04. The van der Waals surface area contributed by atoms with Crippen LogP contribution < -0.4 is 4.90 Å². The van der Waals surface area contributed by atoms with Gasteiger partial charge < -0.3 is 14.9 Å². The molecular weight excluding hydrogens is 306 g/mol. The predicted molar refractivity (Wildman–Crippen MR) is 91.2 cm³/mol. The number of rotatable bonds is 4. The first-order valence-corrected chi connectivity index (χ1v) is 8.86. The van der Waals surface area contributed by atoms with Crippen molar-refractivity contribution in [3.8, 4) is 0 Å². The van der Waals surface area contributed by atoms with E-state index in [4.69, 9.17) is 5.11 Å². The van der Waals surface area contributed by atoms with Crippen molar-refractivity contribution in [3.05, 3.63) is 23.9 Å². The van der Waals surface area contributed by atoms with Crippen LogP contribution in [-0.4, -0.2) is 53.0 Å². The molecule has 0 aromatic carbocycles. The Balaban J connectivity index is 1.52. The maximum atomic E-state index is 12.5. The molecule has 0 atom stereocenters. The van der Waals surface area contributed by atoms with E-state index in [-0.39, 0.29) is 11.6 Å². The van der Waals surface area contributed by atoms with Gasteiger partial charge in [0.1, 0.15) is 5.82 Å². The normalized spacial score (nSPS) is 19.3. The van der Waals surface area contributed by atoms with Crippen molar-refractivity contribution < 1.29 is 14.7 Å². The third-order valence-corrected chi connectivity index (χ3v) is 5.10. The second-order valence-corrected chi connectivity index (χ2v) is 6.76. The molecule has 0 bridgehead atoms. The molecule has 1 aromatic rings. The van der Waals surface area contributed by atoms with Crippen molar-refractivity contribution in [2.24, 2.45) is 5.92 Å². The molecule has 130 valence electrons. The number of pyridine rings is 1. The molecule has 1 aliphatic heterocycles. The second kappa shape index (κ2) is 7.64. The number of carboxylic acids is 1. The Morgan fingerprint density at radius 2 is 1.79 bits per heavy atom. The van der Waals surface area contributed by atoms with Crippen LogP contribution >= 0.6 is 0 Å². The minimum absolute atomic E-state index is 0.0586. The molecule has 6 heteroatoms. The topological polar surface area (TPSA) is 73.7 Å². The van der Waals surface area contributed by atoms with Crippen LogP contribution in [-0.2, 0) is 4.79 Å². The van der Waals surface area contributed by atoms with Crippen molar-refractivity contribution in [1.82, 2.24) is 9.88 Å². The molecule has 0 radical (unpaired) electrons. The van der Waals surface area contributed by atoms with Crippen molar-refractivity contribution in [3.63, 3.8) is 0 Å². The molecule has 2 heterocycles. The van der Waals surface area contributed by atoms with Gasteiger partial charge in [0.25, 0.3) is 0 Å². The molecular formula is C18H25N3O3. The Labute approximate surface area is 142 Å². The molecule has 2 aliphatic rings. The van der Waals surface area contributed by atoms with Crippen molar-refractivity contribution in [2.75, 3.05) is 31.1 Å². The van der Waals surface area contributed by atoms with Crippen molar-refractivity contribution in [1.29, 1.82) is 0 Å². The Kier molecular flexibility index (Phi) is 5.33. The van der Waals surface area contributed by atoms with E-state index in [2.05, 4.69) is 9.88 Å². The molecule has 1 saturated carbocycles. The molecule has 1 aromatic heterocycles. The van der Waals surface area contributed by atoms with Gasteiger partial charge in [-0.1, -0.05) is 25.3 Å². The lowest BCUT2D eigenvalue weighted by molar-refractivity contribution is -0.132. The lowest BCUT2D eigenvalue weighted by Gasteiger charge is -2.36. The average molecular weight is 331 g/mol. The molecule has 1 aliphatic carbocycles. The predicted octanol–water partition coefficient (Wildman–Crippen LogP) is 2.40. The number of carbonyl (C=O) groups excluding carboxylic acids is 1. The Morgan fingerprint density at radius 1 is 1.08 bits per heavy atom. The van der Waals surface area contributed by atoms with E-state index in [9.17, 15) is 9.59 Å². The first kappa shape index (κ1) is 16.7. The highest BCUT2D eigenvalue weighted by molar-refractivity contribution is 5.85. The van der Waals surface area contributed by atoms with Crippen LogP contribution in [0.4, 0.5) is 5.82 Å². The number of aromatic carboxylic acids is 1. The van der Waals surface area contributed by atoms with Gasteiger partial charge >= 0.3 is 5.97 Å². The second-order valence-electron chi connectivity index (χ2n) is 6.76. The third-order valence-electron chi connectivity index (χ3n) is 5.10. The quantitative estimate of drug-likeness (QED) is 0.917. The minimum atomic E-state index is -1.02. The first-order chi connectivity index (χ1) is 11.6. The zero-order chi connectivity index (χ0) is 16.9. The van der Waals surface area contributed by atoms with E-state index in [0.29, 0.717) is 44.3 Å². The summed E-state index contributed by atoms with van der Waals surface area (Å²) in [4.78, 5) is 31.7. The van der Waals surface area contributed by atoms with Gasteiger partial charge in [0.05, 0.1) is 0 Å². The van der Waals surface area contributed by atoms with Gasteiger partial charge in [-0.25, -0.2) is 9.78 Å². The average Bonchev–Trinajstić information content (AvgIpc) is 2.63. The summed E-state index contributed by atoms with van der Waals surface area (Å²) >= 11 is 0. The fraction of sp³-hybridized carbons (Fsp3) is 0.611. The van der Waals surface area contributed by atoms with Crippen LogP contribution in [0.5, 0.6) is 0 Å². The maximum absolute atomic E-state index is 12.5. The molecule has 0 unspecified atom stereocenters. The summed E-state index contributed by atoms with van der Waals surface area (Å²) in [5.74, 6) is 0.499. The van der Waals surface area contributed by atoms with E-state index >= 15 is 0 Å². The highest BCUT2D eigenvalue weighted by Crippen LogP contribution is 2.27. The van der Waals surface area contributed by atoms with Gasteiger partial charge in [0.15, 0.2) is 5.69 Å². The number of piperazine rings is 1. The van der Waals surface area contributed by atoms with Gasteiger partial charge in [-0.3, -0.25) is 4.79 Å². The van der Waals surface area contributed by atoms with E-state index < -0.39 is 5.97 Å². The van der Waals surface area contributed by atoms with E-state index in [0.717, 1.165) is 0 Å². The molecule has 2 fully saturated rings. The van der Waals surface area contributed by atoms with E-state index in [1.54, 1.807) is 6.07 Å². The SMILES string of the molecule is O=C(O)c1cccc(N2CCN(C(=O)CC3CCCCC3)CC2)n1. The van der Waals surface area contributed by atoms with Crippen LogP contribution in [0.25, 0.3) is 0 Å². The van der Waals surface area contributed by atoms with Crippen LogP contribution in [0.3, 0.4) is 0 Å². The number of carboxylic acid groups (broad SMARTS) is 1. The monoisotopic (exact) mass is 331 g/mol. The molecule has 1 saturated heterocycles. The Hall–Kier alpha value is -2.11. The molecule has 1 N–H and O–H groups in total. The smallest absolute Gasteiger partial charge is 0.354 e. The number of amides is 1. The summed E-state index contributed by atoms with van der Waals surface area (Å²) in [5, 5.41) is 9.04. The zero-order valence-corrected chi connectivity index (χ0v) is 14.0. The van der Waals surface area contributed by atoms with Crippen LogP contribution in [0.1, 0.15) is 49.0 Å². The lowest BCUT2D eigenvalue weighted by atomic mass is 9.86. The summed E-state index contributed by atoms with van der Waals surface area (Å²) in [5.41, 5.74) is 0.0586. The van der Waals surface area contributed by atoms with Crippen molar-refractivity contribution in [2.45, 2.75) is 38.5 Å². The maximum Gasteiger partial charge on any atom is 0.354 e. The van der Waals surface area contributed by atoms with Gasteiger partial charge in [-0.05, 0) is 30.9 Å². The molecule has 3 rings (SSSR count). The summed E-state index contributed by atoms with van der Waals surface area (Å²) in [6.45, 7) is 2.77. The summed E-state index contributed by atoms with van der Waals surface area (Å²) < 4.78 is 0. The van der Waals surface area contributed by atoms with Gasteiger partial charge in [0.2, 0.25) is 5.91 Å². The zero-order valence-electron chi connectivity index (χ0n) is 14.0. The number of hydrogen-bond donors (Lipinski definition) is 1. The third kappa shape index (κ3) is 4.04. The fourth-order valence-electron chi connectivity index (χ4n) is 3.67. The first-order valence-electron chi connectivity index (χ1n) is 8.86. The Morgan fingerprint density at radius 3 is 2.46 bits per heavy atom. The van der Waals surface area contributed by atoms with Gasteiger partial charge in [-0.2, -0.15) is 0 Å². The number of carbonyl (C=O) groups is 2. The summed E-state index contributed by atoms with van der Waals surface area (Å²) in [6.07, 6.45) is 6.91. The van der Waals surface area contributed by atoms with Crippen LogP contribution in [0, 0.1) is 5.92 Å². The van der Waals surface area contributed by atoms with E-state index in [1.165, 1.54) is 38.2 Å². The number of nitrogens with zero attached hydrogens (tertiary/aromatic N) is 3. The van der Waals surface area contributed by atoms with Crippen LogP contribution in [0.2, 0.25) is 0 Å². The number of hydrogen-bond acceptors (Lipinski definition) is 4. The fourth-order valence-corrected chi connectivity index (χ4v) is 3.67. The van der Waals surface area contributed by atoms with Crippen LogP contribution in [0.15, 0.2) is 18.2 Å². The standard InChI is InChI=1S/C18H25N3O3/c22-17(13-14-5-2-1-3-6-14)21-11-9-20(10-12-21)16-8-4-7-15(19-16)18(23)24/h4,7-8,14H,1-3,5-6,9-13H2,(H,23,24). The van der Waals surface area contributed by atoms with Gasteiger partial charge in [-0.15, -0.1) is 0 Å². The number of aromatic nitrogens is 1. The highest BCUT2D eigenvalue weighted by Gasteiger charge is 2.25. The highest BCUT2D eigenvalue weighted by atomic mass is 16.4. The molecule has 6 nitrogen and oxygen atoms in total. The largest absolute Gasteiger partial charge is 0.477 e. The summed E-state index contributed by atoms with van der Waals surface area (Å²) in [7, 11) is 0. The molecule has 24 heavy (non-hydrogen) atoms. The van der Waals surface area contributed by atoms with E-state index in [1.807, 2.05) is 11.0 Å². The molecule has 1 amide bonds. The molecule has 0 spiro atoms. The van der Waals surface area contributed by atoms with Gasteiger partial charge in [0, 0.05) is 32.6 Å².